The number of carboxylic acids is 1. The molecule has 0 aromatic heterocycles. The van der Waals surface area contributed by atoms with Gasteiger partial charge in [-0.15, -0.1) is 0 Å². The third-order valence-corrected chi connectivity index (χ3v) is 6.42. The van der Waals surface area contributed by atoms with E-state index in [0.717, 1.165) is 0 Å². The van der Waals surface area contributed by atoms with Crippen molar-refractivity contribution in [2.45, 2.75) is 26.1 Å². The fourth-order valence-corrected chi connectivity index (χ4v) is 4.30. The number of amides is 2. The zero-order chi connectivity index (χ0) is 30.8. The highest BCUT2D eigenvalue weighted by atomic mass is 79.9. The lowest BCUT2D eigenvalue weighted by Crippen LogP contribution is -2.45. The van der Waals surface area contributed by atoms with E-state index in [0.29, 0.717) is 45.2 Å². The Morgan fingerprint density at radius 1 is 1.12 bits per heavy atom. The highest BCUT2D eigenvalue weighted by Crippen LogP contribution is 2.35. The van der Waals surface area contributed by atoms with Gasteiger partial charge in [0.25, 0.3) is 0 Å². The Morgan fingerprint density at radius 2 is 1.86 bits per heavy atom. The zero-order valence-corrected chi connectivity index (χ0v) is 24.8. The minimum Gasteiger partial charge on any atom is -0.493 e. The van der Waals surface area contributed by atoms with Crippen LogP contribution in [0.4, 0.5) is 4.79 Å². The Balaban J connectivity index is 1.68. The van der Waals surface area contributed by atoms with E-state index in [-0.39, 0.29) is 17.9 Å². The molecule has 0 fully saturated rings. The number of hydrogen-bond donors (Lipinski definition) is 5. The quantitative estimate of drug-likeness (QED) is 0.0875. The Labute approximate surface area is 249 Å². The van der Waals surface area contributed by atoms with E-state index in [2.05, 4.69) is 37.1 Å². The minimum atomic E-state index is -1.21. The van der Waals surface area contributed by atoms with Crippen molar-refractivity contribution in [2.75, 3.05) is 34.0 Å². The highest BCUT2D eigenvalue weighted by molar-refractivity contribution is 9.10. The van der Waals surface area contributed by atoms with E-state index in [9.17, 15) is 19.5 Å². The van der Waals surface area contributed by atoms with Crippen molar-refractivity contribution in [1.82, 2.24) is 16.1 Å². The van der Waals surface area contributed by atoms with Crippen molar-refractivity contribution in [3.8, 4) is 23.0 Å². The van der Waals surface area contributed by atoms with E-state index < -0.39 is 36.8 Å². The number of rotatable bonds is 14. The number of nitrogens with zero attached hydrogens (tertiary/aromatic N) is 1. The number of aliphatic hydroxyl groups is 1. The van der Waals surface area contributed by atoms with Crippen LogP contribution in [0, 0.1) is 0 Å². The molecular weight excluding hydrogens is 620 g/mol. The van der Waals surface area contributed by atoms with Crippen LogP contribution >= 0.6 is 15.9 Å². The second-order valence-electron chi connectivity index (χ2n) is 8.62. The lowest BCUT2D eigenvalue weighted by molar-refractivity contribution is -0.139. The average molecular weight is 651 g/mol. The number of aliphatic hydroxyl groups excluding tert-OH is 1. The summed E-state index contributed by atoms with van der Waals surface area (Å²) in [6, 6.07) is 6.78. The molecule has 14 nitrogen and oxygen atoms in total. The van der Waals surface area contributed by atoms with Crippen molar-refractivity contribution in [2.24, 2.45) is 5.10 Å². The van der Waals surface area contributed by atoms with Gasteiger partial charge in [0.1, 0.15) is 6.61 Å². The summed E-state index contributed by atoms with van der Waals surface area (Å²) in [5.41, 5.74) is 4.29. The molecule has 1 heterocycles. The molecule has 3 rings (SSSR count). The van der Waals surface area contributed by atoms with Crippen LogP contribution in [0.15, 0.2) is 51.2 Å². The largest absolute Gasteiger partial charge is 0.493 e. The van der Waals surface area contributed by atoms with Crippen molar-refractivity contribution in [3.05, 3.63) is 57.2 Å². The number of aliphatic carboxylic acids is 1. The summed E-state index contributed by atoms with van der Waals surface area (Å²) >= 11 is 3.37. The summed E-state index contributed by atoms with van der Waals surface area (Å²) in [4.78, 5) is 35.3. The van der Waals surface area contributed by atoms with Crippen molar-refractivity contribution < 1.29 is 48.3 Å². The molecule has 2 atom stereocenters. The number of carbonyl (C=O) groups is 3. The molecular formula is C27H31BrN4O10. The molecule has 0 bridgehead atoms. The maximum absolute atomic E-state index is 12.4. The molecule has 15 heteroatoms. The predicted octanol–water partition coefficient (Wildman–Crippen LogP) is 2.44. The molecule has 2 aromatic carbocycles. The van der Waals surface area contributed by atoms with Gasteiger partial charge in [0.2, 0.25) is 0 Å². The molecule has 0 spiro atoms. The van der Waals surface area contributed by atoms with E-state index in [1.54, 1.807) is 44.2 Å². The van der Waals surface area contributed by atoms with Gasteiger partial charge in [0.05, 0.1) is 38.7 Å². The summed E-state index contributed by atoms with van der Waals surface area (Å²) in [6.07, 6.45) is 0.202. The number of allylic oxidation sites excluding steroid dienone is 1. The number of urea groups is 1. The number of halogens is 1. The first-order chi connectivity index (χ1) is 20.1. The van der Waals surface area contributed by atoms with Gasteiger partial charge in [-0.1, -0.05) is 6.07 Å². The number of benzene rings is 2. The van der Waals surface area contributed by atoms with Crippen LogP contribution in [0.25, 0.3) is 0 Å². The van der Waals surface area contributed by atoms with Gasteiger partial charge >= 0.3 is 18.0 Å². The van der Waals surface area contributed by atoms with E-state index >= 15 is 0 Å². The van der Waals surface area contributed by atoms with Crippen molar-refractivity contribution >= 4 is 40.1 Å². The third-order valence-electron chi connectivity index (χ3n) is 5.73. The van der Waals surface area contributed by atoms with Crippen LogP contribution in [-0.4, -0.2) is 74.7 Å². The second-order valence-corrected chi connectivity index (χ2v) is 9.48. The van der Waals surface area contributed by atoms with Gasteiger partial charge in [-0.05, 0) is 59.6 Å². The average Bonchev–Trinajstić information content (AvgIpc) is 2.95. The van der Waals surface area contributed by atoms with Crippen LogP contribution in [0.3, 0.4) is 0 Å². The normalized spacial score (nSPS) is 15.4. The topological polar surface area (TPSA) is 186 Å². The Hall–Kier alpha value is -4.50. The minimum absolute atomic E-state index is 0.209. The fourth-order valence-electron chi connectivity index (χ4n) is 3.88. The molecule has 0 aliphatic carbocycles. The molecule has 226 valence electrons. The molecule has 1 aliphatic heterocycles. The van der Waals surface area contributed by atoms with E-state index in [1.165, 1.54) is 20.4 Å². The standard InChI is InChI=1S/C27H31BrN4O10/c1-5-40-20-8-15(25-24(26(36)39-4)14(2)30-27(37)31-25)6-7-18(20)41-12-22(33)32-29-11-16-9-19(38-3)21(10-17(16)28)42-13-23(34)35/h6-11,22,25,32-33H,5,12-13H2,1-4H3,(H,34,35)(H2,30,31,37)/b29-11-/t22-,25+/m0/s1. The SMILES string of the molecule is CCOc1cc([C@H]2NC(=O)NC(C)=C2C(=O)OC)ccc1OC[C@H](O)N/N=C\c1cc(OC)c(OCC(=O)O)cc1Br. The van der Waals surface area contributed by atoms with Crippen LogP contribution in [-0.2, 0) is 14.3 Å². The monoisotopic (exact) mass is 650 g/mol. The fraction of sp³-hybridized carbons (Fsp3) is 0.333. The Kier molecular flexibility index (Phi) is 11.4. The molecule has 42 heavy (non-hydrogen) atoms. The number of hydrogen-bond acceptors (Lipinski definition) is 11. The van der Waals surface area contributed by atoms with Gasteiger partial charge in [-0.3, -0.25) is 5.43 Å². The maximum atomic E-state index is 12.4. The number of carbonyl (C=O) groups excluding carboxylic acids is 2. The van der Waals surface area contributed by atoms with Gasteiger partial charge in [-0.25, -0.2) is 14.4 Å². The molecule has 0 radical (unpaired) electrons. The molecule has 2 aromatic rings. The van der Waals surface area contributed by atoms with Crippen LogP contribution in [0.1, 0.15) is 31.0 Å². The van der Waals surface area contributed by atoms with Gasteiger partial charge < -0.3 is 44.5 Å². The lowest BCUT2D eigenvalue weighted by Gasteiger charge is -2.28. The second kappa shape index (κ2) is 14.9. The third kappa shape index (κ3) is 8.27. The summed E-state index contributed by atoms with van der Waals surface area (Å²) < 4.78 is 27.4. The summed E-state index contributed by atoms with van der Waals surface area (Å²) in [5, 5.41) is 28.5. The van der Waals surface area contributed by atoms with Crippen LogP contribution in [0.2, 0.25) is 0 Å². The summed E-state index contributed by atoms with van der Waals surface area (Å²) in [5.74, 6) is -0.538. The number of nitrogens with one attached hydrogen (secondary N) is 3. The predicted molar refractivity (Wildman–Crippen MR) is 153 cm³/mol. The number of esters is 1. The molecule has 0 unspecified atom stereocenters. The highest BCUT2D eigenvalue weighted by Gasteiger charge is 2.32. The lowest BCUT2D eigenvalue weighted by atomic mass is 9.95. The van der Waals surface area contributed by atoms with Gasteiger partial charge in [0.15, 0.2) is 35.8 Å². The number of hydrazone groups is 1. The number of carboxylic acid groups (broad SMARTS) is 1. The first-order valence-electron chi connectivity index (χ1n) is 12.5. The molecule has 0 saturated heterocycles. The first kappa shape index (κ1) is 32.0. The van der Waals surface area contributed by atoms with Gasteiger partial charge in [-0.2, -0.15) is 5.10 Å². The number of ether oxygens (including phenoxy) is 5. The van der Waals surface area contributed by atoms with Crippen LogP contribution < -0.4 is 35.0 Å². The van der Waals surface area contributed by atoms with Gasteiger partial charge in [0, 0.05) is 15.7 Å². The van der Waals surface area contributed by atoms with Crippen molar-refractivity contribution in [3.63, 3.8) is 0 Å². The summed E-state index contributed by atoms with van der Waals surface area (Å²) in [6.45, 7) is 2.96. The van der Waals surface area contributed by atoms with Crippen molar-refractivity contribution in [1.29, 1.82) is 0 Å². The van der Waals surface area contributed by atoms with E-state index in [4.69, 9.17) is 28.8 Å². The smallest absolute Gasteiger partial charge is 0.341 e. The molecule has 1 aliphatic rings. The maximum Gasteiger partial charge on any atom is 0.341 e. The molecule has 5 N–H and O–H groups in total. The molecule has 0 saturated carbocycles. The Morgan fingerprint density at radius 3 is 2.52 bits per heavy atom. The Bertz CT molecular complexity index is 1380. The zero-order valence-electron chi connectivity index (χ0n) is 23.2. The van der Waals surface area contributed by atoms with Crippen LogP contribution in [0.5, 0.6) is 23.0 Å². The van der Waals surface area contributed by atoms with E-state index in [1.807, 2.05) is 0 Å². The summed E-state index contributed by atoms with van der Waals surface area (Å²) in [7, 11) is 2.67. The molecule has 2 amide bonds. The number of methoxy groups -OCH3 is 2. The first-order valence-corrected chi connectivity index (χ1v) is 13.3.